The molecule has 1 heterocycles. The van der Waals surface area contributed by atoms with Crippen LogP contribution < -0.4 is 5.32 Å². The van der Waals surface area contributed by atoms with Crippen LogP contribution in [-0.2, 0) is 9.53 Å². The van der Waals surface area contributed by atoms with Gasteiger partial charge in [-0.15, -0.1) is 0 Å². The second-order valence-electron chi connectivity index (χ2n) is 7.03. The third-order valence-electron chi connectivity index (χ3n) is 5.01. The molecule has 1 N–H and O–H groups in total. The van der Waals surface area contributed by atoms with Crippen LogP contribution in [0.4, 0.5) is 0 Å². The number of amides is 1. The molecule has 148 valence electrons. The maximum atomic E-state index is 12.4. The first-order valence-corrected chi connectivity index (χ1v) is 9.67. The molecule has 1 aliphatic carbocycles. The molecular formula is C21H22ClNO5. The Bertz CT molecular complexity index is 875. The van der Waals surface area contributed by atoms with Crippen LogP contribution in [0.25, 0.3) is 11.3 Å². The molecule has 1 aromatic heterocycles. The van der Waals surface area contributed by atoms with Crippen molar-refractivity contribution >= 4 is 29.8 Å². The number of benzene rings is 1. The van der Waals surface area contributed by atoms with Gasteiger partial charge in [0.15, 0.2) is 18.7 Å². The van der Waals surface area contributed by atoms with Gasteiger partial charge in [0.05, 0.1) is 10.6 Å². The van der Waals surface area contributed by atoms with E-state index in [9.17, 15) is 14.4 Å². The number of carbonyl (C=O) groups excluding carboxylic acids is 3. The zero-order chi connectivity index (χ0) is 20.1. The van der Waals surface area contributed by atoms with Crippen molar-refractivity contribution in [1.29, 1.82) is 0 Å². The van der Waals surface area contributed by atoms with E-state index >= 15 is 0 Å². The summed E-state index contributed by atoms with van der Waals surface area (Å²) in [6.07, 6.45) is 4.91. The number of nitrogens with one attached hydrogen (secondary N) is 1. The first kappa shape index (κ1) is 20.1. The fraction of sp³-hybridized carbons (Fsp3) is 0.381. The van der Waals surface area contributed by atoms with Crippen LogP contribution in [0.1, 0.15) is 53.5 Å². The van der Waals surface area contributed by atoms with Crippen LogP contribution in [0.3, 0.4) is 0 Å². The zero-order valence-corrected chi connectivity index (χ0v) is 16.3. The summed E-state index contributed by atoms with van der Waals surface area (Å²) >= 11 is 6.11. The topological polar surface area (TPSA) is 85.6 Å². The van der Waals surface area contributed by atoms with Gasteiger partial charge in [-0.1, -0.05) is 31.4 Å². The standard InChI is InChI=1S/C21H22ClNO5/c1-13-4-2-3-5-18(13)23-20(25)12-27-21(26)16-10-14(6-8-17(16)22)19-9-7-15(11-24)28-19/h6-11,13,18H,2-5,12H2,1H3,(H,23,25)/t13-,18+/m1/s1. The molecule has 28 heavy (non-hydrogen) atoms. The van der Waals surface area contributed by atoms with Gasteiger partial charge in [-0.2, -0.15) is 0 Å². The van der Waals surface area contributed by atoms with Crippen LogP contribution in [0.5, 0.6) is 0 Å². The maximum absolute atomic E-state index is 12.4. The van der Waals surface area contributed by atoms with E-state index in [1.165, 1.54) is 18.6 Å². The van der Waals surface area contributed by atoms with E-state index < -0.39 is 5.97 Å². The van der Waals surface area contributed by atoms with Crippen molar-refractivity contribution in [2.45, 2.75) is 38.6 Å². The van der Waals surface area contributed by atoms with Crippen LogP contribution >= 0.6 is 11.6 Å². The largest absolute Gasteiger partial charge is 0.453 e. The highest BCUT2D eigenvalue weighted by Crippen LogP contribution is 2.27. The fourth-order valence-electron chi connectivity index (χ4n) is 3.39. The van der Waals surface area contributed by atoms with E-state index in [4.69, 9.17) is 20.8 Å². The number of carbonyl (C=O) groups is 3. The number of hydrogen-bond donors (Lipinski definition) is 1. The van der Waals surface area contributed by atoms with Gasteiger partial charge >= 0.3 is 5.97 Å². The highest BCUT2D eigenvalue weighted by Gasteiger charge is 2.23. The smallest absolute Gasteiger partial charge is 0.340 e. The van der Waals surface area contributed by atoms with E-state index in [1.807, 2.05) is 0 Å². The monoisotopic (exact) mass is 403 g/mol. The van der Waals surface area contributed by atoms with Crippen LogP contribution in [-0.4, -0.2) is 30.8 Å². The van der Waals surface area contributed by atoms with Crippen molar-refractivity contribution < 1.29 is 23.5 Å². The highest BCUT2D eigenvalue weighted by molar-refractivity contribution is 6.33. The number of ether oxygens (including phenoxy) is 1. The molecule has 1 aromatic carbocycles. The Morgan fingerprint density at radius 1 is 1.25 bits per heavy atom. The van der Waals surface area contributed by atoms with Gasteiger partial charge in [0, 0.05) is 11.6 Å². The Balaban J connectivity index is 1.62. The Kier molecular flexibility index (Phi) is 6.52. The SMILES string of the molecule is C[C@@H]1CCCC[C@@H]1NC(=O)COC(=O)c1cc(-c2ccc(C=O)o2)ccc1Cl. The number of hydrogen-bond acceptors (Lipinski definition) is 5. The minimum Gasteiger partial charge on any atom is -0.453 e. The summed E-state index contributed by atoms with van der Waals surface area (Å²) in [5.41, 5.74) is 0.701. The van der Waals surface area contributed by atoms with Gasteiger partial charge < -0.3 is 14.5 Å². The molecule has 0 bridgehead atoms. The molecular weight excluding hydrogens is 382 g/mol. The molecule has 1 saturated carbocycles. The molecule has 0 saturated heterocycles. The van der Waals surface area contributed by atoms with Crippen LogP contribution in [0, 0.1) is 5.92 Å². The minimum absolute atomic E-state index is 0.123. The van der Waals surface area contributed by atoms with E-state index in [0.717, 1.165) is 19.3 Å². The van der Waals surface area contributed by atoms with E-state index in [1.54, 1.807) is 18.2 Å². The predicted octanol–water partition coefficient (Wildman–Crippen LogP) is 4.26. The van der Waals surface area contributed by atoms with Crippen LogP contribution in [0.2, 0.25) is 5.02 Å². The molecule has 1 amide bonds. The average molecular weight is 404 g/mol. The van der Waals surface area contributed by atoms with Gasteiger partial charge in [-0.3, -0.25) is 9.59 Å². The molecule has 3 rings (SSSR count). The number of halogens is 1. The van der Waals surface area contributed by atoms with Crippen molar-refractivity contribution in [3.05, 3.63) is 46.7 Å². The lowest BCUT2D eigenvalue weighted by Gasteiger charge is -2.29. The molecule has 7 heteroatoms. The number of aldehydes is 1. The summed E-state index contributed by atoms with van der Waals surface area (Å²) in [4.78, 5) is 35.3. The van der Waals surface area contributed by atoms with E-state index in [-0.39, 0.29) is 34.9 Å². The minimum atomic E-state index is -0.694. The zero-order valence-electron chi connectivity index (χ0n) is 15.6. The van der Waals surface area contributed by atoms with Crippen molar-refractivity contribution in [3.8, 4) is 11.3 Å². The fourth-order valence-corrected chi connectivity index (χ4v) is 3.59. The van der Waals surface area contributed by atoms with Crippen molar-refractivity contribution in [2.24, 2.45) is 5.92 Å². The Morgan fingerprint density at radius 2 is 2.04 bits per heavy atom. The maximum Gasteiger partial charge on any atom is 0.340 e. The molecule has 0 spiro atoms. The highest BCUT2D eigenvalue weighted by atomic mass is 35.5. The van der Waals surface area contributed by atoms with E-state index in [0.29, 0.717) is 23.5 Å². The predicted molar refractivity (Wildman–Crippen MR) is 104 cm³/mol. The van der Waals surface area contributed by atoms with Gasteiger partial charge in [0.2, 0.25) is 0 Å². The van der Waals surface area contributed by atoms with E-state index in [2.05, 4.69) is 12.2 Å². The second-order valence-corrected chi connectivity index (χ2v) is 7.43. The summed E-state index contributed by atoms with van der Waals surface area (Å²) in [7, 11) is 0. The average Bonchev–Trinajstić information content (AvgIpc) is 3.17. The second kappa shape index (κ2) is 9.06. The van der Waals surface area contributed by atoms with Crippen molar-refractivity contribution in [2.75, 3.05) is 6.61 Å². The third kappa shape index (κ3) is 4.81. The summed E-state index contributed by atoms with van der Waals surface area (Å²) < 4.78 is 10.5. The Hall–Kier alpha value is -2.60. The third-order valence-corrected chi connectivity index (χ3v) is 5.34. The summed E-state index contributed by atoms with van der Waals surface area (Å²) in [5.74, 6) is 0.0190. The normalized spacial score (nSPS) is 19.1. The summed E-state index contributed by atoms with van der Waals surface area (Å²) in [6.45, 7) is 1.75. The molecule has 1 fully saturated rings. The molecule has 0 unspecified atom stereocenters. The van der Waals surface area contributed by atoms with Gasteiger partial charge in [0.1, 0.15) is 5.76 Å². The quantitative estimate of drug-likeness (QED) is 0.575. The van der Waals surface area contributed by atoms with Gasteiger partial charge in [0.25, 0.3) is 5.91 Å². The lowest BCUT2D eigenvalue weighted by atomic mass is 9.86. The molecule has 6 nitrogen and oxygen atoms in total. The molecule has 0 aliphatic heterocycles. The number of rotatable bonds is 6. The first-order valence-electron chi connectivity index (χ1n) is 9.29. The number of furan rings is 1. The lowest BCUT2D eigenvalue weighted by Crippen LogP contribution is -2.42. The molecule has 2 atom stereocenters. The molecule has 1 aliphatic rings. The summed E-state index contributed by atoms with van der Waals surface area (Å²) in [6, 6.07) is 8.01. The lowest BCUT2D eigenvalue weighted by molar-refractivity contribution is -0.125. The Morgan fingerprint density at radius 3 is 2.75 bits per heavy atom. The van der Waals surface area contributed by atoms with Crippen molar-refractivity contribution in [3.63, 3.8) is 0 Å². The van der Waals surface area contributed by atoms with Gasteiger partial charge in [-0.05, 0) is 49.1 Å². The summed E-state index contributed by atoms with van der Waals surface area (Å²) in [5, 5.41) is 3.15. The van der Waals surface area contributed by atoms with Crippen LogP contribution in [0.15, 0.2) is 34.7 Å². The van der Waals surface area contributed by atoms with Crippen molar-refractivity contribution in [1.82, 2.24) is 5.32 Å². The number of esters is 1. The van der Waals surface area contributed by atoms with Gasteiger partial charge in [-0.25, -0.2) is 4.79 Å². The Labute approximate surface area is 168 Å². The molecule has 2 aromatic rings. The molecule has 0 radical (unpaired) electrons. The first-order chi connectivity index (χ1) is 13.5.